The van der Waals surface area contributed by atoms with E-state index < -0.39 is 5.91 Å². The standard InChI is InChI=1S/C15H17N5O2/c1-2-22-10-4-3-8-5-9(7-18-11(8)6-10)13-12(15(17)21)14(16)20-19-13/h3-6,18H,2,7H2,1H3,(H2,17,21)(H3,16,19,20). The number of fused-ring (bicyclic) bond motifs is 1. The van der Waals surface area contributed by atoms with Crippen molar-refractivity contribution in [2.45, 2.75) is 6.92 Å². The normalized spacial score (nSPS) is 13.0. The Balaban J connectivity index is 2.00. The largest absolute Gasteiger partial charge is 0.494 e. The summed E-state index contributed by atoms with van der Waals surface area (Å²) in [6, 6.07) is 5.80. The molecule has 1 amide bonds. The van der Waals surface area contributed by atoms with E-state index in [9.17, 15) is 4.79 Å². The van der Waals surface area contributed by atoms with Crippen molar-refractivity contribution in [1.82, 2.24) is 10.2 Å². The van der Waals surface area contributed by atoms with Crippen LogP contribution in [0.3, 0.4) is 0 Å². The molecule has 0 fully saturated rings. The summed E-state index contributed by atoms with van der Waals surface area (Å²) in [4.78, 5) is 11.5. The van der Waals surface area contributed by atoms with E-state index in [1.165, 1.54) is 0 Å². The number of carbonyl (C=O) groups excluding carboxylic acids is 1. The number of aromatic nitrogens is 2. The molecule has 0 atom stereocenters. The third-order valence-corrected chi connectivity index (χ3v) is 3.50. The fourth-order valence-corrected chi connectivity index (χ4v) is 2.50. The molecule has 2 heterocycles. The molecule has 114 valence electrons. The molecule has 6 N–H and O–H groups in total. The quantitative estimate of drug-likeness (QED) is 0.681. The van der Waals surface area contributed by atoms with Crippen LogP contribution in [0, 0.1) is 0 Å². The molecular weight excluding hydrogens is 282 g/mol. The van der Waals surface area contributed by atoms with Gasteiger partial charge in [0, 0.05) is 18.3 Å². The van der Waals surface area contributed by atoms with Crippen molar-refractivity contribution in [2.75, 3.05) is 24.2 Å². The number of nitrogen functional groups attached to an aromatic ring is 1. The Morgan fingerprint density at radius 2 is 2.27 bits per heavy atom. The van der Waals surface area contributed by atoms with Gasteiger partial charge in [-0.05, 0) is 36.3 Å². The maximum atomic E-state index is 11.5. The second-order valence-electron chi connectivity index (χ2n) is 4.93. The first-order chi connectivity index (χ1) is 10.6. The fourth-order valence-electron chi connectivity index (χ4n) is 2.50. The zero-order valence-electron chi connectivity index (χ0n) is 12.1. The van der Waals surface area contributed by atoms with Crippen molar-refractivity contribution < 1.29 is 9.53 Å². The predicted molar refractivity (Wildman–Crippen MR) is 85.5 cm³/mol. The first kappa shape index (κ1) is 14.0. The smallest absolute Gasteiger partial charge is 0.254 e. The van der Waals surface area contributed by atoms with Gasteiger partial charge in [-0.25, -0.2) is 0 Å². The highest BCUT2D eigenvalue weighted by Gasteiger charge is 2.21. The minimum Gasteiger partial charge on any atom is -0.494 e. The van der Waals surface area contributed by atoms with Gasteiger partial charge in [0.1, 0.15) is 11.3 Å². The second-order valence-corrected chi connectivity index (χ2v) is 4.93. The third-order valence-electron chi connectivity index (χ3n) is 3.50. The fraction of sp³-hybridized carbons (Fsp3) is 0.200. The van der Waals surface area contributed by atoms with Gasteiger partial charge in [-0.1, -0.05) is 0 Å². The number of carbonyl (C=O) groups is 1. The summed E-state index contributed by atoms with van der Waals surface area (Å²) in [5, 5.41) is 9.95. The van der Waals surface area contributed by atoms with Crippen LogP contribution in [0.1, 0.15) is 28.5 Å². The molecule has 1 aliphatic heterocycles. The molecule has 0 bridgehead atoms. The highest BCUT2D eigenvalue weighted by atomic mass is 16.5. The summed E-state index contributed by atoms with van der Waals surface area (Å²) >= 11 is 0. The number of hydrogen-bond acceptors (Lipinski definition) is 5. The third kappa shape index (κ3) is 2.37. The number of nitrogens with zero attached hydrogens (tertiary/aromatic N) is 1. The first-order valence-electron chi connectivity index (χ1n) is 6.95. The van der Waals surface area contributed by atoms with Gasteiger partial charge in [-0.2, -0.15) is 5.10 Å². The summed E-state index contributed by atoms with van der Waals surface area (Å²) in [5.74, 6) is 0.328. The number of primary amides is 1. The molecule has 22 heavy (non-hydrogen) atoms. The number of aromatic amines is 1. The van der Waals surface area contributed by atoms with Gasteiger partial charge in [-0.15, -0.1) is 0 Å². The van der Waals surface area contributed by atoms with Gasteiger partial charge in [-0.3, -0.25) is 9.89 Å². The Morgan fingerprint density at radius 1 is 1.45 bits per heavy atom. The van der Waals surface area contributed by atoms with Crippen molar-refractivity contribution >= 4 is 29.1 Å². The Hall–Kier alpha value is -2.96. The molecular formula is C15H17N5O2. The minimum absolute atomic E-state index is 0.112. The molecule has 0 spiro atoms. The SMILES string of the molecule is CCOc1ccc2c(c1)NCC(c1[nH]nc(N)c1C(N)=O)=C2. The molecule has 3 rings (SSSR count). The topological polar surface area (TPSA) is 119 Å². The van der Waals surface area contributed by atoms with Crippen LogP contribution in [0.4, 0.5) is 11.5 Å². The van der Waals surface area contributed by atoms with Gasteiger partial charge in [0.2, 0.25) is 0 Å². The molecule has 0 unspecified atom stereocenters. The van der Waals surface area contributed by atoms with Gasteiger partial charge in [0.05, 0.1) is 12.3 Å². The Bertz CT molecular complexity index is 763. The maximum Gasteiger partial charge on any atom is 0.254 e. The lowest BCUT2D eigenvalue weighted by Crippen LogP contribution is -2.17. The number of rotatable bonds is 4. The molecule has 7 heteroatoms. The number of nitrogens with one attached hydrogen (secondary N) is 2. The van der Waals surface area contributed by atoms with E-state index in [1.807, 2.05) is 31.2 Å². The van der Waals surface area contributed by atoms with Crippen LogP contribution in [0.15, 0.2) is 18.2 Å². The van der Waals surface area contributed by atoms with Crippen LogP contribution < -0.4 is 21.5 Å². The average molecular weight is 299 g/mol. The molecule has 2 aromatic rings. The molecule has 0 saturated carbocycles. The van der Waals surface area contributed by atoms with Crippen LogP contribution >= 0.6 is 0 Å². The van der Waals surface area contributed by atoms with Crippen LogP contribution in [0.5, 0.6) is 5.75 Å². The van der Waals surface area contributed by atoms with Crippen LogP contribution in [-0.2, 0) is 0 Å². The molecule has 1 aliphatic rings. The minimum atomic E-state index is -0.598. The Labute approximate surface area is 127 Å². The maximum absolute atomic E-state index is 11.5. The van der Waals surface area contributed by atoms with Crippen molar-refractivity contribution in [3.63, 3.8) is 0 Å². The van der Waals surface area contributed by atoms with Gasteiger partial charge in [0.15, 0.2) is 5.82 Å². The van der Waals surface area contributed by atoms with Crippen LogP contribution in [0.2, 0.25) is 0 Å². The number of ether oxygens (including phenoxy) is 1. The van der Waals surface area contributed by atoms with E-state index in [-0.39, 0.29) is 11.4 Å². The number of amides is 1. The molecule has 0 radical (unpaired) electrons. The van der Waals surface area contributed by atoms with Gasteiger partial charge < -0.3 is 21.5 Å². The summed E-state index contributed by atoms with van der Waals surface area (Å²) in [6.45, 7) is 3.10. The van der Waals surface area contributed by atoms with Crippen molar-refractivity contribution in [3.8, 4) is 5.75 Å². The summed E-state index contributed by atoms with van der Waals surface area (Å²) in [7, 11) is 0. The zero-order valence-corrected chi connectivity index (χ0v) is 12.1. The highest BCUT2D eigenvalue weighted by Crippen LogP contribution is 2.32. The van der Waals surface area contributed by atoms with E-state index >= 15 is 0 Å². The molecule has 7 nitrogen and oxygen atoms in total. The number of benzene rings is 1. The van der Waals surface area contributed by atoms with E-state index in [4.69, 9.17) is 16.2 Å². The van der Waals surface area contributed by atoms with E-state index in [0.29, 0.717) is 18.8 Å². The van der Waals surface area contributed by atoms with Crippen molar-refractivity contribution in [2.24, 2.45) is 5.73 Å². The number of anilines is 2. The monoisotopic (exact) mass is 299 g/mol. The van der Waals surface area contributed by atoms with E-state index in [1.54, 1.807) is 0 Å². The molecule has 0 saturated heterocycles. The van der Waals surface area contributed by atoms with Crippen LogP contribution in [0.25, 0.3) is 11.6 Å². The van der Waals surface area contributed by atoms with Crippen LogP contribution in [-0.4, -0.2) is 29.3 Å². The van der Waals surface area contributed by atoms with Gasteiger partial charge in [0.25, 0.3) is 5.91 Å². The summed E-state index contributed by atoms with van der Waals surface area (Å²) in [5.41, 5.74) is 14.7. The number of nitrogens with two attached hydrogens (primary N) is 2. The lowest BCUT2D eigenvalue weighted by Gasteiger charge is -2.19. The number of hydrogen-bond donors (Lipinski definition) is 4. The number of H-pyrrole nitrogens is 1. The first-order valence-corrected chi connectivity index (χ1v) is 6.95. The van der Waals surface area contributed by atoms with Gasteiger partial charge >= 0.3 is 0 Å². The summed E-state index contributed by atoms with van der Waals surface area (Å²) < 4.78 is 5.48. The summed E-state index contributed by atoms with van der Waals surface area (Å²) in [6.07, 6.45) is 1.97. The lowest BCUT2D eigenvalue weighted by molar-refractivity contribution is 0.100. The molecule has 1 aromatic heterocycles. The Kier molecular flexibility index (Phi) is 3.46. The average Bonchev–Trinajstić information content (AvgIpc) is 2.89. The lowest BCUT2D eigenvalue weighted by atomic mass is 9.99. The van der Waals surface area contributed by atoms with Crippen molar-refractivity contribution in [3.05, 3.63) is 35.0 Å². The highest BCUT2D eigenvalue weighted by molar-refractivity contribution is 6.04. The van der Waals surface area contributed by atoms with Crippen molar-refractivity contribution in [1.29, 1.82) is 0 Å². The zero-order chi connectivity index (χ0) is 15.7. The van der Waals surface area contributed by atoms with E-state index in [2.05, 4.69) is 15.5 Å². The Morgan fingerprint density at radius 3 is 3.00 bits per heavy atom. The molecule has 0 aliphatic carbocycles. The molecule has 1 aromatic carbocycles. The second kappa shape index (κ2) is 5.44. The predicted octanol–water partition coefficient (Wildman–Crippen LogP) is 1.46. The van der Waals surface area contributed by atoms with E-state index in [0.717, 1.165) is 22.6 Å².